The van der Waals surface area contributed by atoms with E-state index >= 15 is 0 Å². The zero-order chi connectivity index (χ0) is 55.2. The number of hydrogen-bond donors (Lipinski definition) is 6. The van der Waals surface area contributed by atoms with Gasteiger partial charge in [0.05, 0.1) is 34.8 Å². The number of nitrogens with zero attached hydrogens (tertiary/aromatic N) is 2. The number of carbonyl (C=O) groups is 5. The molecule has 4 unspecified atom stereocenters. The molecule has 6 atom stereocenters. The van der Waals surface area contributed by atoms with Crippen LogP contribution in [0.2, 0.25) is 0 Å². The molecular weight excluding hydrogens is 1020 g/mol. The first-order chi connectivity index (χ1) is 36.6. The molecule has 7 N–H and O–H groups in total. The molecule has 0 saturated heterocycles. The highest BCUT2D eigenvalue weighted by atomic mass is 32.2. The number of thiocarbonyl (C=S) groups is 1. The van der Waals surface area contributed by atoms with E-state index in [0.717, 1.165) is 34.0 Å². The van der Waals surface area contributed by atoms with E-state index in [2.05, 4.69) is 20.7 Å². The topological polar surface area (TPSA) is 267 Å². The number of benzene rings is 3. The number of pyridine rings is 2. The normalized spacial score (nSPS) is 21.1. The van der Waals surface area contributed by atoms with Crippen LogP contribution in [-0.4, -0.2) is 88.2 Å². The summed E-state index contributed by atoms with van der Waals surface area (Å²) in [5.41, 5.74) is 7.68. The van der Waals surface area contributed by atoms with E-state index in [-0.39, 0.29) is 59.5 Å². The lowest BCUT2D eigenvalue weighted by Crippen LogP contribution is -2.56. The van der Waals surface area contributed by atoms with Gasteiger partial charge >= 0.3 is 17.9 Å². The van der Waals surface area contributed by atoms with Crippen molar-refractivity contribution in [2.75, 3.05) is 17.6 Å². The van der Waals surface area contributed by atoms with Crippen molar-refractivity contribution >= 4 is 73.5 Å². The summed E-state index contributed by atoms with van der Waals surface area (Å²) in [4.78, 5) is 87.1. The summed E-state index contributed by atoms with van der Waals surface area (Å²) in [6, 6.07) is 22.0. The van der Waals surface area contributed by atoms with Crippen LogP contribution in [0.25, 0.3) is 33.4 Å². The molecule has 2 aliphatic heterocycles. The molecule has 2 aliphatic carbocycles. The van der Waals surface area contributed by atoms with Crippen molar-refractivity contribution in [2.45, 2.75) is 123 Å². The van der Waals surface area contributed by atoms with Crippen LogP contribution in [0, 0.1) is 22.7 Å². The highest BCUT2D eigenvalue weighted by Crippen LogP contribution is 2.64. The number of cyclic esters (lactones) is 1. The van der Waals surface area contributed by atoms with Crippen LogP contribution in [0.1, 0.15) is 102 Å². The smallest absolute Gasteiger partial charge is 0.355 e. The molecule has 0 radical (unpaired) electrons. The van der Waals surface area contributed by atoms with E-state index in [1.54, 1.807) is 67.8 Å². The fourth-order valence-corrected chi connectivity index (χ4v) is 14.2. The van der Waals surface area contributed by atoms with E-state index in [9.17, 15) is 42.3 Å². The maximum absolute atomic E-state index is 14.4. The lowest BCUT2D eigenvalue weighted by molar-refractivity contribution is -0.191. The third-order valence-corrected chi connectivity index (χ3v) is 18.2. The van der Waals surface area contributed by atoms with Gasteiger partial charge in [-0.25, -0.2) is 27.7 Å². The predicted octanol–water partition coefficient (Wildman–Crippen LogP) is 6.23. The number of nitrogens with one attached hydrogen (secondary N) is 4. The zero-order valence-electron chi connectivity index (χ0n) is 43.8. The van der Waals surface area contributed by atoms with E-state index < -0.39 is 80.1 Å². The van der Waals surface area contributed by atoms with Gasteiger partial charge in [-0.3, -0.25) is 19.2 Å². The average Bonchev–Trinajstić information content (AvgIpc) is 4.18. The Hall–Kier alpha value is -6.87. The molecule has 2 bridgehead atoms. The molecule has 5 aromatic rings. The summed E-state index contributed by atoms with van der Waals surface area (Å²) < 4.78 is 42.7. The van der Waals surface area contributed by atoms with Gasteiger partial charge in [0.1, 0.15) is 30.5 Å². The lowest BCUT2D eigenvalue weighted by Gasteiger charge is -2.37. The Morgan fingerprint density at radius 2 is 1.71 bits per heavy atom. The number of aliphatic carboxylic acids is 1. The molecule has 2 saturated carbocycles. The Balaban J connectivity index is 0.861. The van der Waals surface area contributed by atoms with Crippen molar-refractivity contribution in [3.63, 3.8) is 0 Å². The van der Waals surface area contributed by atoms with Gasteiger partial charge in [0.15, 0.2) is 5.11 Å². The Morgan fingerprint density at radius 3 is 2.39 bits per heavy atom. The number of para-hydroxylation sites is 1. The molecule has 1 amide bonds. The molecule has 0 spiro atoms. The summed E-state index contributed by atoms with van der Waals surface area (Å²) in [6.45, 7) is 9.35. The van der Waals surface area contributed by atoms with Crippen molar-refractivity contribution in [3.05, 3.63) is 118 Å². The van der Waals surface area contributed by atoms with Crippen LogP contribution in [0.3, 0.4) is 0 Å². The molecule has 406 valence electrons. The molecule has 3 aromatic carbocycles. The van der Waals surface area contributed by atoms with Crippen LogP contribution in [0.15, 0.2) is 89.7 Å². The monoisotopic (exact) mass is 1090 g/mol. The number of ketones is 1. The minimum Gasteiger partial charge on any atom is -0.480 e. The number of fused-ring (bicyclic) bond motifs is 7. The van der Waals surface area contributed by atoms with Crippen molar-refractivity contribution < 1.29 is 47.0 Å². The molecule has 20 heteroatoms. The van der Waals surface area contributed by atoms with Gasteiger partial charge < -0.3 is 40.8 Å². The lowest BCUT2D eigenvalue weighted by atomic mass is 9.70. The number of aromatic nitrogens is 2. The molecule has 9 rings (SSSR count). The van der Waals surface area contributed by atoms with Crippen molar-refractivity contribution in [3.8, 4) is 22.5 Å². The van der Waals surface area contributed by atoms with Gasteiger partial charge in [-0.1, -0.05) is 89.2 Å². The van der Waals surface area contributed by atoms with Crippen LogP contribution in [0.5, 0.6) is 0 Å². The Morgan fingerprint density at radius 1 is 0.961 bits per heavy atom. The Kier molecular flexibility index (Phi) is 15.3. The predicted molar refractivity (Wildman–Crippen MR) is 294 cm³/mol. The first kappa shape index (κ1) is 54.9. The Bertz CT molecular complexity index is 3380. The van der Waals surface area contributed by atoms with Crippen LogP contribution in [-0.2, 0) is 68.6 Å². The largest absolute Gasteiger partial charge is 0.480 e. The van der Waals surface area contributed by atoms with E-state index in [0.29, 0.717) is 61.3 Å². The number of esters is 2. The van der Waals surface area contributed by atoms with Crippen molar-refractivity contribution in [2.24, 2.45) is 28.4 Å². The standard InChI is InChI=1S/C57H65N7O11S2/c1-6-57(41-28-45-48-37(25-36-12-7-8-15-42(36)60-48)29-64(45)50(67)40(41)30-74-53(57)71)75-52(70)47(32(2)3)62-49(66)43(16-9-10-23-58)61-54(76)59-39-14-11-13-35(26-39)34-19-17-33(18-20-34)24-44(51(68)69)63-77(72,73)31-56-22-21-38(27-46(56)65)55(56,4)5/h7-8,11-15,17-20,25-26,28,32,38,43-44,47,63H,6,9-10,16,21-24,27,29-31,58H2,1-5H3,(H,62,66)(H,68,69)(H2,59,61,76)/t38?,43?,44-,47?,56?,57-/m0/s1. The van der Waals surface area contributed by atoms with Gasteiger partial charge in [-0.2, -0.15) is 0 Å². The number of unbranched alkanes of at least 4 members (excludes halogenated alkanes) is 1. The third kappa shape index (κ3) is 10.5. The molecule has 2 aromatic heterocycles. The molecule has 2 fully saturated rings. The van der Waals surface area contributed by atoms with Gasteiger partial charge in [0, 0.05) is 34.0 Å². The first-order valence-corrected chi connectivity index (χ1v) is 28.3. The summed E-state index contributed by atoms with van der Waals surface area (Å²) in [6.07, 6.45) is 2.83. The van der Waals surface area contributed by atoms with Gasteiger partial charge in [-0.15, -0.1) is 0 Å². The fraction of sp³-hybridized carbons (Fsp3) is 0.439. The summed E-state index contributed by atoms with van der Waals surface area (Å²) in [5.74, 6) is -4.54. The Labute approximate surface area is 452 Å². The minimum absolute atomic E-state index is 0.0652. The van der Waals surface area contributed by atoms with Crippen LogP contribution >= 0.6 is 12.2 Å². The van der Waals surface area contributed by atoms with Crippen molar-refractivity contribution in [1.29, 1.82) is 0 Å². The molecule has 77 heavy (non-hydrogen) atoms. The highest BCUT2D eigenvalue weighted by Gasteiger charge is 2.65. The number of hydrogen-bond acceptors (Lipinski definition) is 13. The van der Waals surface area contributed by atoms with Crippen LogP contribution in [0.4, 0.5) is 5.69 Å². The SMILES string of the molecule is CC[C@@]1(OC(=O)C(NC(=O)C(CCCCN)NC(=S)Nc2cccc(-c3ccc(C[C@H](NS(=O)(=O)CC45CCC(CC4=O)C5(C)C)C(=O)O)cc3)c2)C(C)C)C(=O)OCc2c1cc1n(c2=O)Cc2cc3ccccc3nc2-1. The number of amides is 1. The van der Waals surface area contributed by atoms with E-state index in [1.165, 1.54) is 0 Å². The number of rotatable bonds is 20. The van der Waals surface area contributed by atoms with E-state index in [4.69, 9.17) is 32.4 Å². The number of carboxylic acid groups (broad SMARTS) is 1. The summed E-state index contributed by atoms with van der Waals surface area (Å²) in [5, 5.41) is 20.2. The maximum Gasteiger partial charge on any atom is 0.355 e. The summed E-state index contributed by atoms with van der Waals surface area (Å²) >= 11 is 5.74. The number of carboxylic acids is 1. The average molecular weight is 1090 g/mol. The van der Waals surface area contributed by atoms with Gasteiger partial charge in [0.2, 0.25) is 21.5 Å². The summed E-state index contributed by atoms with van der Waals surface area (Å²) in [7, 11) is -4.15. The maximum atomic E-state index is 14.4. The molecule has 18 nitrogen and oxygen atoms in total. The number of nitrogens with two attached hydrogens (primary N) is 1. The molecule has 4 aliphatic rings. The number of anilines is 1. The van der Waals surface area contributed by atoms with Gasteiger partial charge in [0.25, 0.3) is 5.56 Å². The highest BCUT2D eigenvalue weighted by molar-refractivity contribution is 7.89. The fourth-order valence-electron chi connectivity index (χ4n) is 11.9. The van der Waals surface area contributed by atoms with E-state index in [1.807, 2.05) is 56.3 Å². The number of ether oxygens (including phenoxy) is 2. The zero-order valence-corrected chi connectivity index (χ0v) is 45.4. The second-order valence-corrected chi connectivity index (χ2v) is 23.9. The quantitative estimate of drug-likeness (QED) is 0.0281. The van der Waals surface area contributed by atoms with Crippen molar-refractivity contribution in [1.82, 2.24) is 24.9 Å². The number of Topliss-reactive ketones (excluding diaryl/α,β-unsaturated/α-hetero) is 1. The number of carbonyl (C=O) groups excluding carboxylic acids is 4. The van der Waals surface area contributed by atoms with Crippen LogP contribution < -0.4 is 32.0 Å². The second kappa shape index (κ2) is 21.5. The number of sulfonamides is 1. The second-order valence-electron chi connectivity index (χ2n) is 21.8. The third-order valence-electron chi connectivity index (χ3n) is 16.5. The first-order valence-electron chi connectivity index (χ1n) is 26.2. The molecule has 4 heterocycles. The van der Waals surface area contributed by atoms with Gasteiger partial charge in [-0.05, 0) is 128 Å². The molecular formula is C57H65N7O11S2. The minimum atomic E-state index is -4.15.